The highest BCUT2D eigenvalue weighted by atomic mass is 127. The van der Waals surface area contributed by atoms with E-state index in [4.69, 9.17) is 19.2 Å². The molecular weight excluding hydrogens is 483 g/mol. The van der Waals surface area contributed by atoms with Crippen molar-refractivity contribution in [1.29, 1.82) is 0 Å². The summed E-state index contributed by atoms with van der Waals surface area (Å²) >= 11 is 0. The number of ether oxygens (including phenoxy) is 3. The van der Waals surface area contributed by atoms with Gasteiger partial charge >= 0.3 is 0 Å². The highest BCUT2D eigenvalue weighted by Gasteiger charge is 2.23. The van der Waals surface area contributed by atoms with Crippen molar-refractivity contribution >= 4 is 29.9 Å². The van der Waals surface area contributed by atoms with Crippen molar-refractivity contribution in [2.75, 3.05) is 53.6 Å². The van der Waals surface area contributed by atoms with Crippen LogP contribution in [-0.4, -0.2) is 76.6 Å². The van der Waals surface area contributed by atoms with Gasteiger partial charge in [-0.25, -0.2) is 0 Å². The number of rotatable bonds is 9. The van der Waals surface area contributed by atoms with Crippen molar-refractivity contribution in [3.8, 4) is 11.5 Å². The van der Waals surface area contributed by atoms with Crippen molar-refractivity contribution in [1.82, 2.24) is 15.5 Å². The summed E-state index contributed by atoms with van der Waals surface area (Å²) in [6.07, 6.45) is 0.876. The second-order valence-corrected chi connectivity index (χ2v) is 7.10. The highest BCUT2D eigenvalue weighted by Crippen LogP contribution is 2.27. The standard InChI is InChI=1S/C21H36N4O3.HI/c1-6-22-21(24-14-16(2)25-11-12-28-15-17(25)3)23-10-9-18-7-8-19(26-4)20(13-18)27-5;/h7-8,13,16-17H,6,9-12,14-15H2,1-5H3,(H2,22,23,24);1H. The van der Waals surface area contributed by atoms with Crippen LogP contribution in [-0.2, 0) is 11.2 Å². The minimum atomic E-state index is 0. The third-order valence-electron chi connectivity index (χ3n) is 5.00. The zero-order chi connectivity index (χ0) is 20.4. The quantitative estimate of drug-likeness (QED) is 0.297. The number of hydrogen-bond donors (Lipinski definition) is 2. The Bertz CT molecular complexity index is 630. The average molecular weight is 520 g/mol. The van der Waals surface area contributed by atoms with E-state index in [9.17, 15) is 0 Å². The summed E-state index contributed by atoms with van der Waals surface area (Å²) < 4.78 is 16.2. The third kappa shape index (κ3) is 8.18. The van der Waals surface area contributed by atoms with Crippen LogP contribution in [0.2, 0.25) is 0 Å². The molecule has 2 rings (SSSR count). The third-order valence-corrected chi connectivity index (χ3v) is 5.00. The molecule has 0 aromatic heterocycles. The van der Waals surface area contributed by atoms with Gasteiger partial charge in [-0.1, -0.05) is 6.07 Å². The molecule has 0 radical (unpaired) electrons. The summed E-state index contributed by atoms with van der Waals surface area (Å²) in [5.41, 5.74) is 1.19. The molecule has 2 unspecified atom stereocenters. The summed E-state index contributed by atoms with van der Waals surface area (Å²) in [4.78, 5) is 7.25. The molecule has 1 fully saturated rings. The van der Waals surface area contributed by atoms with Crippen LogP contribution in [0, 0.1) is 0 Å². The molecule has 1 heterocycles. The summed E-state index contributed by atoms with van der Waals surface area (Å²) in [7, 11) is 3.31. The number of nitrogens with one attached hydrogen (secondary N) is 2. The van der Waals surface area contributed by atoms with Gasteiger partial charge in [-0.3, -0.25) is 9.89 Å². The summed E-state index contributed by atoms with van der Waals surface area (Å²) in [6, 6.07) is 6.86. The van der Waals surface area contributed by atoms with Gasteiger partial charge in [0.1, 0.15) is 0 Å². The number of nitrogens with zero attached hydrogens (tertiary/aromatic N) is 2. The zero-order valence-corrected chi connectivity index (χ0v) is 20.7. The Labute approximate surface area is 192 Å². The molecule has 1 saturated heterocycles. The zero-order valence-electron chi connectivity index (χ0n) is 18.4. The van der Waals surface area contributed by atoms with Crippen molar-refractivity contribution < 1.29 is 14.2 Å². The number of guanidine groups is 1. The van der Waals surface area contributed by atoms with E-state index in [1.165, 1.54) is 5.56 Å². The van der Waals surface area contributed by atoms with E-state index in [0.717, 1.165) is 63.3 Å². The lowest BCUT2D eigenvalue weighted by molar-refractivity contribution is -0.0165. The highest BCUT2D eigenvalue weighted by molar-refractivity contribution is 14.0. The fourth-order valence-corrected chi connectivity index (χ4v) is 3.43. The van der Waals surface area contributed by atoms with E-state index in [-0.39, 0.29) is 24.0 Å². The van der Waals surface area contributed by atoms with Crippen molar-refractivity contribution in [3.05, 3.63) is 23.8 Å². The lowest BCUT2D eigenvalue weighted by atomic mass is 10.1. The average Bonchev–Trinajstić information content (AvgIpc) is 2.71. The van der Waals surface area contributed by atoms with Gasteiger partial charge < -0.3 is 24.8 Å². The molecule has 1 aliphatic heterocycles. The Kier molecular flexibility index (Phi) is 12.3. The van der Waals surface area contributed by atoms with Crippen LogP contribution in [0.1, 0.15) is 26.3 Å². The van der Waals surface area contributed by atoms with Crippen LogP contribution in [0.4, 0.5) is 0 Å². The maximum Gasteiger partial charge on any atom is 0.191 e. The van der Waals surface area contributed by atoms with Gasteiger partial charge in [0.2, 0.25) is 0 Å². The number of aliphatic imine (C=N–C) groups is 1. The fourth-order valence-electron chi connectivity index (χ4n) is 3.43. The normalized spacial score (nSPS) is 18.5. The minimum Gasteiger partial charge on any atom is -0.493 e. The van der Waals surface area contributed by atoms with Gasteiger partial charge in [-0.2, -0.15) is 0 Å². The van der Waals surface area contributed by atoms with E-state index >= 15 is 0 Å². The second kappa shape index (κ2) is 13.9. The van der Waals surface area contributed by atoms with Gasteiger partial charge in [0, 0.05) is 31.7 Å². The second-order valence-electron chi connectivity index (χ2n) is 7.10. The molecule has 1 aromatic rings. The van der Waals surface area contributed by atoms with Gasteiger partial charge in [-0.05, 0) is 44.9 Å². The SMILES string of the molecule is CCNC(=NCC(C)N1CCOCC1C)NCCc1ccc(OC)c(OC)c1.I. The minimum absolute atomic E-state index is 0. The topological polar surface area (TPSA) is 67.4 Å². The molecule has 1 aliphatic rings. The Balaban J connectivity index is 0.00000420. The van der Waals surface area contributed by atoms with Gasteiger partial charge in [0.15, 0.2) is 17.5 Å². The molecule has 0 bridgehead atoms. The number of methoxy groups -OCH3 is 2. The van der Waals surface area contributed by atoms with Gasteiger partial charge in [-0.15, -0.1) is 24.0 Å². The van der Waals surface area contributed by atoms with E-state index in [1.54, 1.807) is 14.2 Å². The summed E-state index contributed by atoms with van der Waals surface area (Å²) in [5.74, 6) is 2.37. The number of benzene rings is 1. The predicted molar refractivity (Wildman–Crippen MR) is 129 cm³/mol. The van der Waals surface area contributed by atoms with Crippen LogP contribution >= 0.6 is 24.0 Å². The first-order chi connectivity index (χ1) is 13.6. The maximum atomic E-state index is 5.53. The monoisotopic (exact) mass is 520 g/mol. The number of hydrogen-bond acceptors (Lipinski definition) is 5. The molecule has 2 N–H and O–H groups in total. The fraction of sp³-hybridized carbons (Fsp3) is 0.667. The molecular formula is C21H37IN4O3. The number of halogens is 1. The largest absolute Gasteiger partial charge is 0.493 e. The first kappa shape index (κ1) is 25.8. The van der Waals surface area contributed by atoms with Crippen LogP contribution in [0.15, 0.2) is 23.2 Å². The molecule has 2 atom stereocenters. The molecule has 0 amide bonds. The number of morpholine rings is 1. The Morgan fingerprint density at radius 1 is 1.28 bits per heavy atom. The van der Waals surface area contributed by atoms with Crippen molar-refractivity contribution in [2.24, 2.45) is 4.99 Å². The van der Waals surface area contributed by atoms with E-state index in [2.05, 4.69) is 42.4 Å². The van der Waals surface area contributed by atoms with E-state index in [0.29, 0.717) is 12.1 Å². The van der Waals surface area contributed by atoms with Gasteiger partial charge in [0.25, 0.3) is 0 Å². The van der Waals surface area contributed by atoms with Crippen LogP contribution in [0.5, 0.6) is 11.5 Å². The Morgan fingerprint density at radius 3 is 2.69 bits per heavy atom. The molecule has 0 spiro atoms. The molecule has 166 valence electrons. The lowest BCUT2D eigenvalue weighted by Crippen LogP contribution is -2.49. The summed E-state index contributed by atoms with van der Waals surface area (Å²) in [5, 5.41) is 6.76. The van der Waals surface area contributed by atoms with Crippen LogP contribution in [0.25, 0.3) is 0 Å². The first-order valence-electron chi connectivity index (χ1n) is 10.2. The molecule has 0 aliphatic carbocycles. The van der Waals surface area contributed by atoms with Crippen molar-refractivity contribution in [3.63, 3.8) is 0 Å². The van der Waals surface area contributed by atoms with Crippen molar-refractivity contribution in [2.45, 2.75) is 39.3 Å². The van der Waals surface area contributed by atoms with Crippen LogP contribution < -0.4 is 20.1 Å². The van der Waals surface area contributed by atoms with Crippen LogP contribution in [0.3, 0.4) is 0 Å². The first-order valence-corrected chi connectivity index (χ1v) is 10.2. The summed E-state index contributed by atoms with van der Waals surface area (Å²) in [6.45, 7) is 11.5. The predicted octanol–water partition coefficient (Wildman–Crippen LogP) is 2.53. The smallest absolute Gasteiger partial charge is 0.191 e. The Morgan fingerprint density at radius 2 is 2.03 bits per heavy atom. The maximum absolute atomic E-state index is 5.53. The van der Waals surface area contributed by atoms with E-state index in [1.807, 2.05) is 12.1 Å². The van der Waals surface area contributed by atoms with E-state index < -0.39 is 0 Å². The molecule has 7 nitrogen and oxygen atoms in total. The molecule has 29 heavy (non-hydrogen) atoms. The Hall–Kier alpha value is -1.26. The molecule has 8 heteroatoms. The lowest BCUT2D eigenvalue weighted by Gasteiger charge is -2.37. The molecule has 1 aromatic carbocycles. The van der Waals surface area contributed by atoms with Gasteiger partial charge in [0.05, 0.1) is 34.0 Å². The molecule has 0 saturated carbocycles.